The maximum atomic E-state index is 12.0. The molecule has 3 N–H and O–H groups in total. The Labute approximate surface area is 170 Å². The zero-order chi connectivity index (χ0) is 21.4. The van der Waals surface area contributed by atoms with Crippen LogP contribution in [0.15, 0.2) is 53.4 Å². The lowest BCUT2D eigenvalue weighted by Crippen LogP contribution is -2.31. The Hall–Kier alpha value is -2.91. The van der Waals surface area contributed by atoms with Crippen molar-refractivity contribution in [3.8, 4) is 5.75 Å². The quantitative estimate of drug-likeness (QED) is 0.596. The topological polar surface area (TPSA) is 125 Å². The molecular weight excluding hydrogens is 396 g/mol. The summed E-state index contributed by atoms with van der Waals surface area (Å²) in [5.74, 6) is -0.319. The highest BCUT2D eigenvalue weighted by molar-refractivity contribution is 7.89. The normalized spacial score (nSPS) is 12.1. The van der Waals surface area contributed by atoms with E-state index in [4.69, 9.17) is 14.6 Å². The molecule has 1 amide bonds. The molecule has 0 saturated carbocycles. The summed E-state index contributed by atoms with van der Waals surface area (Å²) < 4.78 is 33.0. The number of hydrogen-bond acceptors (Lipinski definition) is 6. The first-order valence-corrected chi connectivity index (χ1v) is 10.5. The van der Waals surface area contributed by atoms with Crippen LogP contribution in [0.2, 0.25) is 0 Å². The monoisotopic (exact) mass is 420 g/mol. The van der Waals surface area contributed by atoms with Gasteiger partial charge in [-0.25, -0.2) is 13.6 Å². The van der Waals surface area contributed by atoms with Crippen LogP contribution in [-0.4, -0.2) is 33.5 Å². The molecule has 2 rings (SSSR count). The van der Waals surface area contributed by atoms with Gasteiger partial charge in [0.1, 0.15) is 5.75 Å². The van der Waals surface area contributed by atoms with Crippen molar-refractivity contribution in [2.24, 2.45) is 5.14 Å². The van der Waals surface area contributed by atoms with Gasteiger partial charge in [0.15, 0.2) is 6.61 Å². The minimum Gasteiger partial charge on any atom is -0.493 e. The third kappa shape index (κ3) is 7.20. The molecule has 29 heavy (non-hydrogen) atoms. The van der Waals surface area contributed by atoms with E-state index in [1.165, 1.54) is 12.1 Å². The van der Waals surface area contributed by atoms with Gasteiger partial charge in [-0.15, -0.1) is 0 Å². The molecule has 0 bridgehead atoms. The second-order valence-electron chi connectivity index (χ2n) is 6.43. The van der Waals surface area contributed by atoms with Crippen LogP contribution in [0.4, 0.5) is 0 Å². The molecule has 9 heteroatoms. The Balaban J connectivity index is 1.73. The van der Waals surface area contributed by atoms with E-state index in [-0.39, 0.29) is 17.9 Å². The van der Waals surface area contributed by atoms with E-state index < -0.39 is 34.5 Å². The molecule has 0 aliphatic heterocycles. The molecule has 8 nitrogen and oxygen atoms in total. The smallest absolute Gasteiger partial charge is 0.309 e. The number of nitrogens with two attached hydrogens (primary N) is 1. The second-order valence-corrected chi connectivity index (χ2v) is 7.99. The van der Waals surface area contributed by atoms with Gasteiger partial charge in [0.05, 0.1) is 24.0 Å². The Kier molecular flexibility index (Phi) is 7.74. The molecule has 1 atom stereocenters. The van der Waals surface area contributed by atoms with Crippen molar-refractivity contribution in [2.45, 2.75) is 31.2 Å². The number of esters is 1. The fourth-order valence-electron chi connectivity index (χ4n) is 2.49. The number of hydrogen-bond donors (Lipinski definition) is 2. The molecule has 0 aliphatic carbocycles. The number of amides is 1. The number of para-hydroxylation sites is 1. The van der Waals surface area contributed by atoms with E-state index in [1.807, 2.05) is 31.2 Å². The molecule has 0 saturated heterocycles. The molecule has 0 spiro atoms. The summed E-state index contributed by atoms with van der Waals surface area (Å²) in [5.41, 5.74) is 1.65. The van der Waals surface area contributed by atoms with Crippen molar-refractivity contribution in [1.82, 2.24) is 5.32 Å². The summed E-state index contributed by atoms with van der Waals surface area (Å²) in [6.07, 6.45) is 0.0200. The van der Waals surface area contributed by atoms with E-state index in [1.54, 1.807) is 19.1 Å². The zero-order valence-corrected chi connectivity index (χ0v) is 17.1. The molecule has 0 unspecified atom stereocenters. The van der Waals surface area contributed by atoms with Crippen LogP contribution in [0.1, 0.15) is 30.5 Å². The number of nitrogens with one attached hydrogen (secondary N) is 1. The predicted octanol–water partition coefficient (Wildman–Crippen LogP) is 1.83. The fourth-order valence-corrected chi connectivity index (χ4v) is 3.01. The van der Waals surface area contributed by atoms with Crippen molar-refractivity contribution >= 4 is 21.9 Å². The van der Waals surface area contributed by atoms with Crippen LogP contribution < -0.4 is 15.2 Å². The number of carbonyl (C=O) groups is 2. The lowest BCUT2D eigenvalue weighted by atomic mass is 10.1. The van der Waals surface area contributed by atoms with Crippen LogP contribution >= 0.6 is 0 Å². The van der Waals surface area contributed by atoms with Gasteiger partial charge in [-0.2, -0.15) is 0 Å². The van der Waals surface area contributed by atoms with E-state index in [0.717, 1.165) is 5.56 Å². The summed E-state index contributed by atoms with van der Waals surface area (Å²) in [4.78, 5) is 23.7. The van der Waals surface area contributed by atoms with E-state index in [0.29, 0.717) is 11.3 Å². The van der Waals surface area contributed by atoms with Crippen LogP contribution in [0.5, 0.6) is 5.75 Å². The molecule has 0 fully saturated rings. The maximum Gasteiger partial charge on any atom is 0.309 e. The highest BCUT2D eigenvalue weighted by Crippen LogP contribution is 2.17. The third-order valence-electron chi connectivity index (χ3n) is 4.11. The van der Waals surface area contributed by atoms with Crippen molar-refractivity contribution in [3.63, 3.8) is 0 Å². The number of sulfonamides is 1. The standard InChI is InChI=1S/C20H24N2O6S/c1-14-5-3-4-6-18(14)27-12-11-20(24)28-13-19(23)22-15(2)16-7-9-17(10-8-16)29(21,25)26/h3-10,15H,11-13H2,1-2H3,(H,22,23)(H2,21,25,26)/t15-/m1/s1. The van der Waals surface area contributed by atoms with Crippen molar-refractivity contribution in [3.05, 3.63) is 59.7 Å². The molecule has 156 valence electrons. The summed E-state index contributed by atoms with van der Waals surface area (Å²) in [7, 11) is -3.77. The van der Waals surface area contributed by atoms with Gasteiger partial charge in [0.2, 0.25) is 10.0 Å². The first-order valence-electron chi connectivity index (χ1n) is 8.93. The number of ether oxygens (including phenoxy) is 2. The molecule has 0 aliphatic rings. The van der Waals surface area contributed by atoms with Crippen molar-refractivity contribution in [1.29, 1.82) is 0 Å². The molecule has 2 aromatic rings. The van der Waals surface area contributed by atoms with Gasteiger partial charge in [0.25, 0.3) is 5.91 Å². The fraction of sp³-hybridized carbons (Fsp3) is 0.300. The Morgan fingerprint density at radius 2 is 1.76 bits per heavy atom. The second kappa shape index (κ2) is 10.0. The minimum absolute atomic E-state index is 0.0124. The largest absolute Gasteiger partial charge is 0.493 e. The van der Waals surface area contributed by atoms with Gasteiger partial charge in [-0.3, -0.25) is 9.59 Å². The lowest BCUT2D eigenvalue weighted by Gasteiger charge is -2.15. The van der Waals surface area contributed by atoms with Crippen molar-refractivity contribution < 1.29 is 27.5 Å². The third-order valence-corrected chi connectivity index (χ3v) is 5.04. The first-order chi connectivity index (χ1) is 13.7. The average molecular weight is 420 g/mol. The van der Waals surface area contributed by atoms with Gasteiger partial charge in [-0.05, 0) is 43.2 Å². The number of rotatable bonds is 9. The Morgan fingerprint density at radius 1 is 1.10 bits per heavy atom. The zero-order valence-electron chi connectivity index (χ0n) is 16.3. The minimum atomic E-state index is -3.77. The summed E-state index contributed by atoms with van der Waals surface area (Å²) in [6, 6.07) is 12.9. The van der Waals surface area contributed by atoms with E-state index >= 15 is 0 Å². The Morgan fingerprint density at radius 3 is 2.38 bits per heavy atom. The molecule has 0 aromatic heterocycles. The highest BCUT2D eigenvalue weighted by atomic mass is 32.2. The molecule has 0 radical (unpaired) electrons. The molecule has 2 aromatic carbocycles. The van der Waals surface area contributed by atoms with Gasteiger partial charge >= 0.3 is 5.97 Å². The molecule has 0 heterocycles. The lowest BCUT2D eigenvalue weighted by molar-refractivity contribution is -0.149. The summed E-state index contributed by atoms with van der Waals surface area (Å²) in [6.45, 7) is 3.37. The predicted molar refractivity (Wildman–Crippen MR) is 107 cm³/mol. The number of benzene rings is 2. The van der Waals surface area contributed by atoms with E-state index in [2.05, 4.69) is 5.32 Å². The van der Waals surface area contributed by atoms with Gasteiger partial charge in [-0.1, -0.05) is 30.3 Å². The number of aryl methyl sites for hydroxylation is 1. The van der Waals surface area contributed by atoms with Gasteiger partial charge in [0, 0.05) is 0 Å². The van der Waals surface area contributed by atoms with E-state index in [9.17, 15) is 18.0 Å². The number of primary sulfonamides is 1. The summed E-state index contributed by atoms with van der Waals surface area (Å²) in [5, 5.41) is 7.72. The first kappa shape index (κ1) is 22.4. The van der Waals surface area contributed by atoms with Crippen LogP contribution in [0.3, 0.4) is 0 Å². The number of carbonyl (C=O) groups excluding carboxylic acids is 2. The van der Waals surface area contributed by atoms with Crippen LogP contribution in [0, 0.1) is 6.92 Å². The Bertz CT molecular complexity index is 957. The maximum absolute atomic E-state index is 12.0. The summed E-state index contributed by atoms with van der Waals surface area (Å²) >= 11 is 0. The van der Waals surface area contributed by atoms with Gasteiger partial charge < -0.3 is 14.8 Å². The SMILES string of the molecule is Cc1ccccc1OCCC(=O)OCC(=O)N[C@H](C)c1ccc(S(N)(=O)=O)cc1. The molecular formula is C20H24N2O6S. The van der Waals surface area contributed by atoms with Crippen LogP contribution in [-0.2, 0) is 24.3 Å². The highest BCUT2D eigenvalue weighted by Gasteiger charge is 2.14. The van der Waals surface area contributed by atoms with Crippen LogP contribution in [0.25, 0.3) is 0 Å². The van der Waals surface area contributed by atoms with Crippen molar-refractivity contribution in [2.75, 3.05) is 13.2 Å². The average Bonchev–Trinajstić information content (AvgIpc) is 2.67.